The maximum Gasteiger partial charge on any atom is 0.222 e. The lowest BCUT2D eigenvalue weighted by atomic mass is 9.97. The zero-order chi connectivity index (χ0) is 17.8. The number of hydrogen-bond donors (Lipinski definition) is 2. The van der Waals surface area contributed by atoms with E-state index in [-0.39, 0.29) is 0 Å². The van der Waals surface area contributed by atoms with Gasteiger partial charge >= 0.3 is 0 Å². The third-order valence-corrected chi connectivity index (χ3v) is 4.71. The topological polar surface area (TPSA) is 63.9 Å². The van der Waals surface area contributed by atoms with Crippen molar-refractivity contribution in [3.05, 3.63) is 47.7 Å². The van der Waals surface area contributed by atoms with Gasteiger partial charge in [-0.3, -0.25) is 0 Å². The first-order valence-electron chi connectivity index (χ1n) is 9.00. The van der Waals surface area contributed by atoms with Gasteiger partial charge in [0.05, 0.1) is 18.4 Å². The normalized spacial score (nSPS) is 11.4. The smallest absolute Gasteiger partial charge is 0.222 e. The Hall–Kier alpha value is -2.33. The predicted octanol–water partition coefficient (Wildman–Crippen LogP) is 4.64. The van der Waals surface area contributed by atoms with Crippen LogP contribution in [0.5, 0.6) is 5.88 Å². The number of fused-ring (bicyclic) bond motifs is 1. The number of pyridine rings is 1. The van der Waals surface area contributed by atoms with E-state index < -0.39 is 0 Å². The summed E-state index contributed by atoms with van der Waals surface area (Å²) in [5.74, 6) is 1.11. The molecule has 2 aromatic heterocycles. The Bertz CT molecular complexity index is 851. The number of aryl methyl sites for hydroxylation is 1. The Morgan fingerprint density at radius 3 is 2.72 bits per heavy atom. The SMILES string of the molecule is COc1ncccc1-c1[nH]c2c(C(C)C)cccc2c1CCCCN. The van der Waals surface area contributed by atoms with E-state index in [4.69, 9.17) is 10.5 Å². The molecule has 3 rings (SSSR count). The number of hydrogen-bond acceptors (Lipinski definition) is 3. The molecule has 1 aromatic carbocycles. The molecule has 2 heterocycles. The van der Waals surface area contributed by atoms with Crippen LogP contribution in [0.4, 0.5) is 0 Å². The number of methoxy groups -OCH3 is 1. The Morgan fingerprint density at radius 2 is 2.00 bits per heavy atom. The molecule has 3 aromatic rings. The van der Waals surface area contributed by atoms with Crippen molar-refractivity contribution in [1.29, 1.82) is 0 Å². The van der Waals surface area contributed by atoms with Crippen molar-refractivity contribution in [1.82, 2.24) is 9.97 Å². The largest absolute Gasteiger partial charge is 0.481 e. The standard InChI is InChI=1S/C21H27N3O/c1-14(2)15-9-6-10-17-16(8-4-5-12-22)20(24-19(15)17)18-11-7-13-23-21(18)25-3/h6-7,9-11,13-14,24H,4-5,8,12,22H2,1-3H3. The highest BCUT2D eigenvalue weighted by molar-refractivity contribution is 5.93. The molecule has 132 valence electrons. The van der Waals surface area contributed by atoms with Crippen LogP contribution in [0.1, 0.15) is 43.7 Å². The third kappa shape index (κ3) is 3.40. The number of para-hydroxylation sites is 1. The van der Waals surface area contributed by atoms with Crippen LogP contribution in [0.3, 0.4) is 0 Å². The summed E-state index contributed by atoms with van der Waals surface area (Å²) in [6, 6.07) is 10.6. The van der Waals surface area contributed by atoms with Gasteiger partial charge in [-0.2, -0.15) is 0 Å². The fourth-order valence-corrected chi connectivity index (χ4v) is 3.46. The third-order valence-electron chi connectivity index (χ3n) is 4.71. The summed E-state index contributed by atoms with van der Waals surface area (Å²) in [4.78, 5) is 8.06. The predicted molar refractivity (Wildman–Crippen MR) is 104 cm³/mol. The number of nitrogens with one attached hydrogen (secondary N) is 1. The van der Waals surface area contributed by atoms with Gasteiger partial charge in [0.15, 0.2) is 0 Å². The Labute approximate surface area is 149 Å². The van der Waals surface area contributed by atoms with Crippen LogP contribution in [-0.2, 0) is 6.42 Å². The molecule has 0 atom stereocenters. The van der Waals surface area contributed by atoms with Crippen molar-refractivity contribution in [2.45, 2.75) is 39.0 Å². The van der Waals surface area contributed by atoms with E-state index >= 15 is 0 Å². The van der Waals surface area contributed by atoms with E-state index in [2.05, 4.69) is 48.1 Å². The van der Waals surface area contributed by atoms with E-state index in [1.807, 2.05) is 6.07 Å². The number of rotatable bonds is 7. The number of benzene rings is 1. The van der Waals surface area contributed by atoms with Crippen molar-refractivity contribution < 1.29 is 4.74 Å². The average molecular weight is 337 g/mol. The Morgan fingerprint density at radius 1 is 1.16 bits per heavy atom. The summed E-state index contributed by atoms with van der Waals surface area (Å²) < 4.78 is 5.50. The number of aromatic nitrogens is 2. The molecule has 0 spiro atoms. The first-order chi connectivity index (χ1) is 12.2. The van der Waals surface area contributed by atoms with Crippen LogP contribution in [0.2, 0.25) is 0 Å². The molecule has 0 saturated heterocycles. The summed E-state index contributed by atoms with van der Waals surface area (Å²) in [7, 11) is 1.67. The van der Waals surface area contributed by atoms with Gasteiger partial charge in [-0.1, -0.05) is 32.0 Å². The molecule has 4 heteroatoms. The van der Waals surface area contributed by atoms with Gasteiger partial charge in [-0.25, -0.2) is 4.98 Å². The van der Waals surface area contributed by atoms with Crippen molar-refractivity contribution in [2.24, 2.45) is 5.73 Å². The van der Waals surface area contributed by atoms with Crippen LogP contribution in [0.15, 0.2) is 36.5 Å². The van der Waals surface area contributed by atoms with Gasteiger partial charge in [0, 0.05) is 17.1 Å². The molecule has 0 fully saturated rings. The maximum atomic E-state index is 5.70. The summed E-state index contributed by atoms with van der Waals surface area (Å²) in [5.41, 5.74) is 11.7. The second kappa shape index (κ2) is 7.70. The van der Waals surface area contributed by atoms with Gasteiger partial charge in [0.2, 0.25) is 5.88 Å². The zero-order valence-electron chi connectivity index (χ0n) is 15.3. The summed E-state index contributed by atoms with van der Waals surface area (Å²) in [5, 5.41) is 1.30. The van der Waals surface area contributed by atoms with Gasteiger partial charge in [0.1, 0.15) is 0 Å². The molecule has 0 aliphatic rings. The van der Waals surface area contributed by atoms with Crippen LogP contribution in [0.25, 0.3) is 22.2 Å². The summed E-state index contributed by atoms with van der Waals surface area (Å²) in [6.45, 7) is 5.19. The van der Waals surface area contributed by atoms with Crippen molar-refractivity contribution >= 4 is 10.9 Å². The molecular formula is C21H27N3O. The maximum absolute atomic E-state index is 5.70. The number of nitrogens with zero attached hydrogens (tertiary/aromatic N) is 1. The second-order valence-corrected chi connectivity index (χ2v) is 6.71. The lowest BCUT2D eigenvalue weighted by Gasteiger charge is -2.08. The minimum Gasteiger partial charge on any atom is -0.481 e. The summed E-state index contributed by atoms with van der Waals surface area (Å²) >= 11 is 0. The van der Waals surface area contributed by atoms with E-state index in [1.54, 1.807) is 13.3 Å². The van der Waals surface area contributed by atoms with E-state index in [1.165, 1.54) is 22.0 Å². The van der Waals surface area contributed by atoms with Gasteiger partial charge in [0.25, 0.3) is 0 Å². The van der Waals surface area contributed by atoms with E-state index in [9.17, 15) is 0 Å². The number of nitrogens with two attached hydrogens (primary N) is 1. The van der Waals surface area contributed by atoms with Crippen LogP contribution < -0.4 is 10.5 Å². The molecule has 25 heavy (non-hydrogen) atoms. The molecule has 3 N–H and O–H groups in total. The lowest BCUT2D eigenvalue weighted by Crippen LogP contribution is -1.99. The molecule has 0 amide bonds. The van der Waals surface area contributed by atoms with Gasteiger partial charge in [-0.05, 0) is 55.0 Å². The quantitative estimate of drug-likeness (QED) is 0.617. The van der Waals surface area contributed by atoms with Crippen molar-refractivity contribution in [3.8, 4) is 17.1 Å². The highest BCUT2D eigenvalue weighted by Gasteiger charge is 2.18. The van der Waals surface area contributed by atoms with Crippen LogP contribution in [-0.4, -0.2) is 23.6 Å². The zero-order valence-corrected chi connectivity index (χ0v) is 15.3. The first-order valence-corrected chi connectivity index (χ1v) is 9.00. The van der Waals surface area contributed by atoms with Gasteiger partial charge < -0.3 is 15.5 Å². The van der Waals surface area contributed by atoms with Gasteiger partial charge in [-0.15, -0.1) is 0 Å². The summed E-state index contributed by atoms with van der Waals surface area (Å²) in [6.07, 6.45) is 4.86. The number of ether oxygens (including phenoxy) is 1. The average Bonchev–Trinajstić information content (AvgIpc) is 3.00. The molecule has 0 aliphatic heterocycles. The molecule has 0 radical (unpaired) electrons. The van der Waals surface area contributed by atoms with Crippen LogP contribution in [0, 0.1) is 0 Å². The second-order valence-electron chi connectivity index (χ2n) is 6.71. The fourth-order valence-electron chi connectivity index (χ4n) is 3.46. The molecule has 4 nitrogen and oxygen atoms in total. The molecule has 0 aliphatic carbocycles. The van der Waals surface area contributed by atoms with Crippen molar-refractivity contribution in [2.75, 3.05) is 13.7 Å². The molecule has 0 bridgehead atoms. The van der Waals surface area contributed by atoms with E-state index in [0.717, 1.165) is 37.1 Å². The van der Waals surface area contributed by atoms with Crippen molar-refractivity contribution in [3.63, 3.8) is 0 Å². The van der Waals surface area contributed by atoms with E-state index in [0.29, 0.717) is 11.8 Å². The molecule has 0 saturated carbocycles. The fraction of sp³-hybridized carbons (Fsp3) is 0.381. The minimum atomic E-state index is 0.461. The number of aromatic amines is 1. The van der Waals surface area contributed by atoms with Crippen LogP contribution >= 0.6 is 0 Å². The lowest BCUT2D eigenvalue weighted by molar-refractivity contribution is 0.399. The number of H-pyrrole nitrogens is 1. The minimum absolute atomic E-state index is 0.461. The Balaban J connectivity index is 2.22. The highest BCUT2D eigenvalue weighted by atomic mass is 16.5. The molecular weight excluding hydrogens is 310 g/mol. The number of unbranched alkanes of at least 4 members (excludes halogenated alkanes) is 1. The highest BCUT2D eigenvalue weighted by Crippen LogP contribution is 2.37. The Kier molecular flexibility index (Phi) is 5.39. The monoisotopic (exact) mass is 337 g/mol. The molecule has 0 unspecified atom stereocenters. The first kappa shape index (κ1) is 17.5.